The Hall–Kier alpha value is -4.00. The molecule has 0 unspecified atom stereocenters. The molecule has 28 heavy (non-hydrogen) atoms. The Morgan fingerprint density at radius 2 is 2.11 bits per heavy atom. The number of nitrogens with two attached hydrogens (primary N) is 1. The van der Waals surface area contributed by atoms with E-state index < -0.39 is 27.9 Å². The Kier molecular flexibility index (Phi) is 4.67. The molecule has 1 aliphatic rings. The Bertz CT molecular complexity index is 1110. The van der Waals surface area contributed by atoms with Gasteiger partial charge in [0.2, 0.25) is 5.88 Å². The van der Waals surface area contributed by atoms with Gasteiger partial charge in [-0.1, -0.05) is 0 Å². The molecule has 0 amide bonds. The van der Waals surface area contributed by atoms with Gasteiger partial charge in [0.15, 0.2) is 0 Å². The number of benzene rings is 1. The Morgan fingerprint density at radius 1 is 1.39 bits per heavy atom. The molecule has 0 bridgehead atoms. The number of nitrogens with zero attached hydrogens (tertiary/aromatic N) is 2. The van der Waals surface area contributed by atoms with E-state index in [1.165, 1.54) is 19.1 Å². The van der Waals surface area contributed by atoms with E-state index in [2.05, 4.69) is 0 Å². The summed E-state index contributed by atoms with van der Waals surface area (Å²) in [4.78, 5) is 23.0. The summed E-state index contributed by atoms with van der Waals surface area (Å²) >= 11 is 0. The largest absolute Gasteiger partial charge is 0.865 e. The van der Waals surface area contributed by atoms with Crippen molar-refractivity contribution in [3.63, 3.8) is 0 Å². The van der Waals surface area contributed by atoms with Crippen LogP contribution in [0, 0.1) is 28.4 Å². The maximum absolute atomic E-state index is 12.5. The first-order valence-electron chi connectivity index (χ1n) is 8.12. The second kappa shape index (κ2) is 6.96. The van der Waals surface area contributed by atoms with Gasteiger partial charge in [-0.05, 0) is 25.5 Å². The number of nitro benzene ring substituents is 1. The lowest BCUT2D eigenvalue weighted by atomic mass is 9.84. The quantitative estimate of drug-likeness (QED) is 0.608. The van der Waals surface area contributed by atoms with Crippen molar-refractivity contribution in [2.45, 2.75) is 19.8 Å². The molecule has 0 saturated heterocycles. The van der Waals surface area contributed by atoms with Crippen molar-refractivity contribution in [1.29, 1.82) is 5.26 Å². The summed E-state index contributed by atoms with van der Waals surface area (Å²) in [7, 11) is 0. The molecule has 3 rings (SSSR count). The molecule has 1 aliphatic heterocycles. The van der Waals surface area contributed by atoms with Gasteiger partial charge in [-0.2, -0.15) is 5.26 Å². The molecule has 0 radical (unpaired) electrons. The number of rotatable bonds is 4. The van der Waals surface area contributed by atoms with Crippen molar-refractivity contribution in [2.75, 3.05) is 6.61 Å². The topological polar surface area (TPSA) is 165 Å². The zero-order valence-corrected chi connectivity index (χ0v) is 14.8. The molecule has 0 fully saturated rings. The van der Waals surface area contributed by atoms with Crippen molar-refractivity contribution in [1.82, 2.24) is 0 Å². The fraction of sp³-hybridized carbons (Fsp3) is 0.222. The third kappa shape index (κ3) is 2.99. The van der Waals surface area contributed by atoms with E-state index in [1.54, 1.807) is 6.92 Å². The van der Waals surface area contributed by atoms with E-state index in [-0.39, 0.29) is 46.4 Å². The summed E-state index contributed by atoms with van der Waals surface area (Å²) in [6.45, 7) is 3.23. The van der Waals surface area contributed by atoms with Gasteiger partial charge < -0.3 is 24.7 Å². The summed E-state index contributed by atoms with van der Waals surface area (Å²) < 4.78 is 15.7. The number of fused-ring (bicyclic) bond motifs is 1. The Morgan fingerprint density at radius 3 is 2.71 bits per heavy atom. The number of aryl methyl sites for hydroxylation is 1. The average Bonchev–Trinajstić information content (AvgIpc) is 2.62. The molecule has 10 nitrogen and oxygen atoms in total. The van der Waals surface area contributed by atoms with Gasteiger partial charge in [0.05, 0.1) is 23.0 Å². The molecule has 0 aliphatic carbocycles. The highest BCUT2D eigenvalue weighted by molar-refractivity contribution is 5.62. The minimum absolute atomic E-state index is 0.0493. The van der Waals surface area contributed by atoms with Crippen molar-refractivity contribution in [3.05, 3.63) is 67.1 Å². The first-order valence-corrected chi connectivity index (χ1v) is 8.12. The molecule has 1 atom stereocenters. The number of ether oxygens (including phenoxy) is 2. The van der Waals surface area contributed by atoms with Crippen LogP contribution >= 0.6 is 0 Å². The van der Waals surface area contributed by atoms with Gasteiger partial charge in [-0.15, -0.1) is 0 Å². The maximum atomic E-state index is 12.5. The third-order valence-electron chi connectivity index (χ3n) is 4.14. The van der Waals surface area contributed by atoms with Crippen LogP contribution in [-0.2, 0) is 0 Å². The maximum Gasteiger partial charge on any atom is 0.343 e. The zero-order valence-electron chi connectivity index (χ0n) is 14.8. The first-order chi connectivity index (χ1) is 13.3. The Balaban J connectivity index is 2.35. The molecule has 0 saturated carbocycles. The van der Waals surface area contributed by atoms with Gasteiger partial charge >= 0.3 is 5.63 Å². The predicted molar refractivity (Wildman–Crippen MR) is 92.7 cm³/mol. The van der Waals surface area contributed by atoms with E-state index in [0.717, 1.165) is 6.07 Å². The number of allylic oxidation sites excluding steroid dienone is 1. The molecule has 2 N–H and O–H groups in total. The highest BCUT2D eigenvalue weighted by atomic mass is 16.6. The monoisotopic (exact) mass is 384 g/mol. The van der Waals surface area contributed by atoms with E-state index in [1.807, 2.05) is 6.07 Å². The van der Waals surface area contributed by atoms with Crippen molar-refractivity contribution in [3.8, 4) is 23.3 Å². The van der Waals surface area contributed by atoms with E-state index in [0.29, 0.717) is 0 Å². The first kappa shape index (κ1) is 18.8. The average molecular weight is 384 g/mol. The molecule has 2 heterocycles. The lowest BCUT2D eigenvalue weighted by Crippen LogP contribution is -2.26. The molecule has 2 aromatic rings. The minimum atomic E-state index is -1.12. The molecular formula is C18H14N3O7-. The van der Waals surface area contributed by atoms with E-state index in [9.17, 15) is 25.3 Å². The van der Waals surface area contributed by atoms with E-state index in [4.69, 9.17) is 19.6 Å². The second-order valence-corrected chi connectivity index (χ2v) is 5.90. The fourth-order valence-corrected chi connectivity index (χ4v) is 3.02. The van der Waals surface area contributed by atoms with Crippen LogP contribution in [0.25, 0.3) is 0 Å². The standard InChI is InChI=1S/C18H15N3O7/c1-3-26-13-6-9(5-11(16(13)22)21(24)25)14-10(7-19)17(20)28-12-4-8(2)27-18(23)15(12)14/h4-6,14,22H,3,20H2,1-2H3/p-1/t14-/m1/s1. The number of nitriles is 1. The number of hydrogen-bond donors (Lipinski definition) is 1. The fourth-order valence-electron chi connectivity index (χ4n) is 3.02. The van der Waals surface area contributed by atoms with E-state index >= 15 is 0 Å². The van der Waals surface area contributed by atoms with Gasteiger partial charge in [-0.25, -0.2) is 4.79 Å². The summed E-state index contributed by atoms with van der Waals surface area (Å²) in [6, 6.07) is 5.53. The molecule has 144 valence electrons. The lowest BCUT2D eigenvalue weighted by molar-refractivity contribution is -0.398. The number of nitro groups is 1. The van der Waals surface area contributed by atoms with Gasteiger partial charge in [0.1, 0.15) is 28.9 Å². The zero-order chi connectivity index (χ0) is 20.6. The highest BCUT2D eigenvalue weighted by Gasteiger charge is 2.35. The third-order valence-corrected chi connectivity index (χ3v) is 4.14. The van der Waals surface area contributed by atoms with Gasteiger partial charge in [0, 0.05) is 17.9 Å². The van der Waals surface area contributed by atoms with Crippen LogP contribution in [0.5, 0.6) is 17.2 Å². The molecular weight excluding hydrogens is 370 g/mol. The second-order valence-electron chi connectivity index (χ2n) is 5.90. The molecule has 1 aromatic heterocycles. The summed E-state index contributed by atoms with van der Waals surface area (Å²) in [5.74, 6) is -2.23. The lowest BCUT2D eigenvalue weighted by Gasteiger charge is -2.26. The minimum Gasteiger partial charge on any atom is -0.865 e. The van der Waals surface area contributed by atoms with Gasteiger partial charge in [0.25, 0.3) is 5.69 Å². The smallest absolute Gasteiger partial charge is 0.343 e. The Labute approximate surface area is 158 Å². The summed E-state index contributed by atoms with van der Waals surface area (Å²) in [5.41, 5.74) is 4.22. The van der Waals surface area contributed by atoms with Crippen LogP contribution in [0.2, 0.25) is 0 Å². The van der Waals surface area contributed by atoms with Crippen LogP contribution in [0.1, 0.15) is 29.7 Å². The van der Waals surface area contributed by atoms with Crippen molar-refractivity contribution >= 4 is 5.69 Å². The van der Waals surface area contributed by atoms with Crippen LogP contribution in [0.15, 0.2) is 38.9 Å². The van der Waals surface area contributed by atoms with Crippen LogP contribution in [0.3, 0.4) is 0 Å². The summed E-state index contributed by atoms with van der Waals surface area (Å²) in [5, 5.41) is 33.1. The molecule has 10 heteroatoms. The molecule has 1 aromatic carbocycles. The molecule has 0 spiro atoms. The van der Waals surface area contributed by atoms with Crippen LogP contribution in [-0.4, -0.2) is 11.5 Å². The van der Waals surface area contributed by atoms with Crippen molar-refractivity contribution < 1.29 is 23.9 Å². The predicted octanol–water partition coefficient (Wildman–Crippen LogP) is 1.55. The number of hydrogen-bond acceptors (Lipinski definition) is 9. The van der Waals surface area contributed by atoms with Crippen LogP contribution < -0.4 is 25.9 Å². The SMILES string of the molecule is CCOc1cc([C@@H]2C(C#N)=C(N)Oc3cc(C)oc(=O)c32)cc([N+](=O)[O-])c1[O-]. The normalized spacial score (nSPS) is 15.4. The van der Waals surface area contributed by atoms with Gasteiger partial charge in [-0.3, -0.25) is 10.1 Å². The summed E-state index contributed by atoms with van der Waals surface area (Å²) in [6.07, 6.45) is 0. The highest BCUT2D eigenvalue weighted by Crippen LogP contribution is 2.44. The van der Waals surface area contributed by atoms with Crippen molar-refractivity contribution in [2.24, 2.45) is 5.73 Å². The van der Waals surface area contributed by atoms with Crippen LogP contribution in [0.4, 0.5) is 5.69 Å².